The van der Waals surface area contributed by atoms with Gasteiger partial charge in [-0.25, -0.2) is 0 Å². The number of nitrogens with zero attached hydrogens (tertiary/aromatic N) is 1. The molecular weight excluding hydrogens is 264 g/mol. The van der Waals surface area contributed by atoms with Crippen molar-refractivity contribution in [2.45, 2.75) is 51.7 Å². The number of rotatable bonds is 4. The number of thiophene rings is 1. The van der Waals surface area contributed by atoms with Crippen LogP contribution in [-0.2, 0) is 6.54 Å². The lowest BCUT2D eigenvalue weighted by molar-refractivity contribution is 0.0417. The van der Waals surface area contributed by atoms with Gasteiger partial charge in [-0.3, -0.25) is 4.90 Å². The number of hydrogen-bond donors (Lipinski definition) is 1. The summed E-state index contributed by atoms with van der Waals surface area (Å²) in [7, 11) is 0. The Bertz CT molecular complexity index is 393. The Kier molecular flexibility index (Phi) is 4.70. The Labute approximate surface area is 119 Å². The molecule has 1 N–H and O–H groups in total. The van der Waals surface area contributed by atoms with Crippen LogP contribution in [0.2, 0.25) is 4.34 Å². The molecule has 1 saturated heterocycles. The summed E-state index contributed by atoms with van der Waals surface area (Å²) in [6, 6.07) is 4.79. The largest absolute Gasteiger partial charge is 0.311 e. The van der Waals surface area contributed by atoms with E-state index in [2.05, 4.69) is 37.1 Å². The van der Waals surface area contributed by atoms with Crippen molar-refractivity contribution < 1.29 is 0 Å². The normalized spacial score (nSPS) is 29.7. The summed E-state index contributed by atoms with van der Waals surface area (Å²) < 4.78 is 0.894. The lowest BCUT2D eigenvalue weighted by Gasteiger charge is -2.47. The molecule has 18 heavy (non-hydrogen) atoms. The summed E-state index contributed by atoms with van der Waals surface area (Å²) in [5, 5.41) is 3.67. The van der Waals surface area contributed by atoms with E-state index >= 15 is 0 Å². The van der Waals surface area contributed by atoms with Crippen molar-refractivity contribution in [3.63, 3.8) is 0 Å². The molecule has 0 bridgehead atoms. The fourth-order valence-electron chi connectivity index (χ4n) is 2.53. The summed E-state index contributed by atoms with van der Waals surface area (Å²) in [6.07, 6.45) is 2.37. The molecule has 4 heteroatoms. The monoisotopic (exact) mass is 286 g/mol. The van der Waals surface area contributed by atoms with E-state index in [0.717, 1.165) is 24.0 Å². The molecule has 1 aliphatic heterocycles. The molecular formula is C14H23ClN2S. The van der Waals surface area contributed by atoms with Gasteiger partial charge in [-0.2, -0.15) is 0 Å². The zero-order valence-electron chi connectivity index (χ0n) is 11.5. The quantitative estimate of drug-likeness (QED) is 0.907. The third kappa shape index (κ3) is 3.08. The summed E-state index contributed by atoms with van der Waals surface area (Å²) in [6.45, 7) is 10.1. The molecule has 2 rings (SSSR count). The predicted octanol–water partition coefficient (Wildman–Crippen LogP) is 3.75. The molecule has 102 valence electrons. The third-order valence-electron chi connectivity index (χ3n) is 4.21. The SMILES string of the molecule is CCC1CN(Cc2ccc(Cl)s2)C(C)(CC)CN1. The van der Waals surface area contributed by atoms with Crippen LogP contribution in [0, 0.1) is 0 Å². The molecule has 0 amide bonds. The third-order valence-corrected chi connectivity index (χ3v) is 5.42. The van der Waals surface area contributed by atoms with Gasteiger partial charge in [0.2, 0.25) is 0 Å². The second-order valence-corrected chi connectivity index (χ2v) is 7.22. The average molecular weight is 287 g/mol. The van der Waals surface area contributed by atoms with Crippen molar-refractivity contribution in [3.8, 4) is 0 Å². The Morgan fingerprint density at radius 2 is 2.28 bits per heavy atom. The van der Waals surface area contributed by atoms with E-state index in [4.69, 9.17) is 11.6 Å². The van der Waals surface area contributed by atoms with Crippen LogP contribution in [0.5, 0.6) is 0 Å². The highest BCUT2D eigenvalue weighted by atomic mass is 35.5. The van der Waals surface area contributed by atoms with Crippen molar-refractivity contribution in [2.24, 2.45) is 0 Å². The average Bonchev–Trinajstić information content (AvgIpc) is 2.78. The molecule has 1 aromatic rings. The number of piperazine rings is 1. The van der Waals surface area contributed by atoms with Crippen molar-refractivity contribution in [2.75, 3.05) is 13.1 Å². The van der Waals surface area contributed by atoms with Gasteiger partial charge in [0.15, 0.2) is 0 Å². The van der Waals surface area contributed by atoms with Crippen molar-refractivity contribution in [3.05, 3.63) is 21.3 Å². The van der Waals surface area contributed by atoms with Crippen LogP contribution in [-0.4, -0.2) is 29.6 Å². The zero-order chi connectivity index (χ0) is 13.2. The molecule has 1 aromatic heterocycles. The minimum absolute atomic E-state index is 0.266. The molecule has 0 aliphatic carbocycles. The topological polar surface area (TPSA) is 15.3 Å². The first-order chi connectivity index (χ1) is 8.57. The van der Waals surface area contributed by atoms with Gasteiger partial charge in [0.05, 0.1) is 4.34 Å². The highest BCUT2D eigenvalue weighted by Crippen LogP contribution is 2.29. The van der Waals surface area contributed by atoms with E-state index in [1.165, 1.54) is 17.7 Å². The molecule has 2 unspecified atom stereocenters. The molecule has 0 spiro atoms. The van der Waals surface area contributed by atoms with Gasteiger partial charge in [-0.15, -0.1) is 11.3 Å². The number of nitrogens with one attached hydrogen (secondary N) is 1. The first kappa shape index (κ1) is 14.3. The van der Waals surface area contributed by atoms with Crippen LogP contribution >= 0.6 is 22.9 Å². The summed E-state index contributed by atoms with van der Waals surface area (Å²) >= 11 is 7.73. The predicted molar refractivity (Wildman–Crippen MR) is 80.5 cm³/mol. The number of halogens is 1. The molecule has 0 saturated carbocycles. The van der Waals surface area contributed by atoms with Crippen LogP contribution < -0.4 is 5.32 Å². The van der Waals surface area contributed by atoms with Gasteiger partial charge in [-0.1, -0.05) is 25.4 Å². The van der Waals surface area contributed by atoms with Crippen molar-refractivity contribution in [1.29, 1.82) is 0 Å². The van der Waals surface area contributed by atoms with Crippen LogP contribution in [0.1, 0.15) is 38.5 Å². The standard InChI is InChI=1S/C14H23ClN2S/c1-4-11-8-17(14(3,5-2)10-16-11)9-12-6-7-13(15)18-12/h6-7,11,16H,4-5,8-10H2,1-3H3. The van der Waals surface area contributed by atoms with E-state index in [1.54, 1.807) is 11.3 Å². The summed E-state index contributed by atoms with van der Waals surface area (Å²) in [4.78, 5) is 4.00. The second kappa shape index (κ2) is 5.91. The maximum Gasteiger partial charge on any atom is 0.0931 e. The van der Waals surface area contributed by atoms with E-state index < -0.39 is 0 Å². The second-order valence-electron chi connectivity index (χ2n) is 5.42. The minimum Gasteiger partial charge on any atom is -0.311 e. The van der Waals surface area contributed by atoms with Crippen LogP contribution in [0.3, 0.4) is 0 Å². The molecule has 1 fully saturated rings. The van der Waals surface area contributed by atoms with Gasteiger partial charge in [0, 0.05) is 36.1 Å². The molecule has 0 aromatic carbocycles. The maximum absolute atomic E-state index is 6.03. The van der Waals surface area contributed by atoms with Crippen molar-refractivity contribution >= 4 is 22.9 Å². The number of hydrogen-bond acceptors (Lipinski definition) is 3. The highest BCUT2D eigenvalue weighted by molar-refractivity contribution is 7.16. The van der Waals surface area contributed by atoms with Crippen LogP contribution in [0.4, 0.5) is 0 Å². The fraction of sp³-hybridized carbons (Fsp3) is 0.714. The minimum atomic E-state index is 0.266. The maximum atomic E-state index is 6.03. The van der Waals surface area contributed by atoms with E-state index in [9.17, 15) is 0 Å². The first-order valence-electron chi connectivity index (χ1n) is 6.80. The smallest absolute Gasteiger partial charge is 0.0931 e. The van der Waals surface area contributed by atoms with Crippen LogP contribution in [0.25, 0.3) is 0 Å². The van der Waals surface area contributed by atoms with E-state index in [1.807, 2.05) is 6.07 Å². The van der Waals surface area contributed by atoms with Gasteiger partial charge >= 0.3 is 0 Å². The summed E-state index contributed by atoms with van der Waals surface area (Å²) in [5.74, 6) is 0. The lowest BCUT2D eigenvalue weighted by Crippen LogP contribution is -2.62. The van der Waals surface area contributed by atoms with Gasteiger partial charge in [0.25, 0.3) is 0 Å². The Morgan fingerprint density at radius 3 is 2.83 bits per heavy atom. The van der Waals surface area contributed by atoms with Gasteiger partial charge < -0.3 is 5.32 Å². The molecule has 2 heterocycles. The first-order valence-corrected chi connectivity index (χ1v) is 7.99. The zero-order valence-corrected chi connectivity index (χ0v) is 13.1. The highest BCUT2D eigenvalue weighted by Gasteiger charge is 2.35. The molecule has 0 radical (unpaired) electrons. The van der Waals surface area contributed by atoms with Crippen LogP contribution in [0.15, 0.2) is 12.1 Å². The Balaban J connectivity index is 2.10. The molecule has 1 aliphatic rings. The van der Waals surface area contributed by atoms with E-state index in [-0.39, 0.29) is 5.54 Å². The lowest BCUT2D eigenvalue weighted by atomic mass is 9.91. The Hall–Kier alpha value is -0.0900. The fourth-order valence-corrected chi connectivity index (χ4v) is 3.63. The Morgan fingerprint density at radius 1 is 1.50 bits per heavy atom. The van der Waals surface area contributed by atoms with Gasteiger partial charge in [-0.05, 0) is 31.9 Å². The van der Waals surface area contributed by atoms with Gasteiger partial charge in [0.1, 0.15) is 0 Å². The summed E-state index contributed by atoms with van der Waals surface area (Å²) in [5.41, 5.74) is 0.266. The van der Waals surface area contributed by atoms with E-state index in [0.29, 0.717) is 6.04 Å². The molecule has 2 nitrogen and oxygen atoms in total. The van der Waals surface area contributed by atoms with Crippen molar-refractivity contribution in [1.82, 2.24) is 10.2 Å². The molecule has 2 atom stereocenters.